The molecule has 0 spiro atoms. The summed E-state index contributed by atoms with van der Waals surface area (Å²) < 4.78 is 36.7. The lowest BCUT2D eigenvalue weighted by Crippen LogP contribution is -2.61. The van der Waals surface area contributed by atoms with Gasteiger partial charge >= 0.3 is 22.0 Å². The molecular weight excluding hydrogens is 528 g/mol. The Labute approximate surface area is 224 Å². The third kappa shape index (κ3) is 4.68. The molecule has 2 fully saturated rings. The molecule has 3 atom stereocenters. The number of carbonyl (C=O) groups excluding carboxylic acids is 4. The molecule has 0 saturated carbocycles. The number of rotatable bonds is 5. The highest BCUT2D eigenvalue weighted by Gasteiger charge is 2.54. The normalized spacial score (nSPS) is 23.9. The van der Waals surface area contributed by atoms with E-state index in [0.29, 0.717) is 25.0 Å². The topological polar surface area (TPSA) is 167 Å². The van der Waals surface area contributed by atoms with Gasteiger partial charge in [-0.2, -0.15) is 8.42 Å². The number of aromatic nitrogens is 1. The van der Waals surface area contributed by atoms with Gasteiger partial charge in [0.25, 0.3) is 5.91 Å². The molecule has 3 aromatic rings. The maximum absolute atomic E-state index is 13.4. The maximum atomic E-state index is 13.4. The zero-order valence-corrected chi connectivity index (χ0v) is 21.7. The number of likely N-dealkylation sites (tertiary alicyclic amines) is 2. The van der Waals surface area contributed by atoms with Crippen molar-refractivity contribution in [1.82, 2.24) is 9.88 Å². The molecule has 5 rings (SSSR count). The predicted octanol–water partition coefficient (Wildman–Crippen LogP) is 1.99. The van der Waals surface area contributed by atoms with E-state index < -0.39 is 61.3 Å². The number of urea groups is 1. The van der Waals surface area contributed by atoms with Gasteiger partial charge in [-0.1, -0.05) is 24.3 Å². The number of fused-ring (bicyclic) bond motifs is 1. The molecule has 13 heteroatoms. The second-order valence-electron chi connectivity index (χ2n) is 9.59. The lowest BCUT2D eigenvalue weighted by atomic mass is 10.1. The van der Waals surface area contributed by atoms with E-state index in [1.807, 2.05) is 12.1 Å². The highest BCUT2D eigenvalue weighted by Crippen LogP contribution is 2.29. The fourth-order valence-electron chi connectivity index (χ4n) is 5.14. The van der Waals surface area contributed by atoms with Crippen LogP contribution >= 0.6 is 0 Å². The molecule has 39 heavy (non-hydrogen) atoms. The average Bonchev–Trinajstić information content (AvgIpc) is 3.55. The third-order valence-electron chi connectivity index (χ3n) is 7.20. The number of esters is 1. The first-order chi connectivity index (χ1) is 18.6. The van der Waals surface area contributed by atoms with Gasteiger partial charge in [0.15, 0.2) is 18.4 Å². The first-order valence-corrected chi connectivity index (χ1v) is 13.9. The van der Waals surface area contributed by atoms with E-state index >= 15 is 0 Å². The van der Waals surface area contributed by atoms with E-state index in [-0.39, 0.29) is 25.1 Å². The van der Waals surface area contributed by atoms with Crippen molar-refractivity contribution in [2.75, 3.05) is 19.6 Å². The Morgan fingerprint density at radius 3 is 2.56 bits per heavy atom. The second kappa shape index (κ2) is 10.2. The van der Waals surface area contributed by atoms with E-state index in [9.17, 15) is 27.6 Å². The number of quaternary nitrogens is 1. The molecule has 2 saturated heterocycles. The fourth-order valence-corrected chi connectivity index (χ4v) is 6.85. The number of ketones is 1. The highest BCUT2D eigenvalue weighted by atomic mass is 32.2. The SMILES string of the molecule is NC(=O)[N+]1(S(=O)(=O)c2ccccn2)CCCC(OC(=O)C2CCCN2C(=O)c2cc3ccccc3o2)C(=O)C1. The number of sulfonamides is 1. The minimum Gasteiger partial charge on any atom is -0.453 e. The van der Waals surface area contributed by atoms with E-state index in [2.05, 4.69) is 4.98 Å². The number of benzene rings is 1. The van der Waals surface area contributed by atoms with Crippen LogP contribution in [0.3, 0.4) is 0 Å². The molecule has 204 valence electrons. The van der Waals surface area contributed by atoms with Gasteiger partial charge in [-0.15, -0.1) is 3.89 Å². The predicted molar refractivity (Wildman–Crippen MR) is 135 cm³/mol. The van der Waals surface area contributed by atoms with Gasteiger partial charge < -0.3 is 19.8 Å². The summed E-state index contributed by atoms with van der Waals surface area (Å²) in [6.45, 7) is -0.787. The summed E-state index contributed by atoms with van der Waals surface area (Å²) in [6.07, 6.45) is 0.911. The van der Waals surface area contributed by atoms with E-state index in [0.717, 1.165) is 5.39 Å². The second-order valence-corrected chi connectivity index (χ2v) is 11.7. The van der Waals surface area contributed by atoms with Crippen LogP contribution in [0.15, 0.2) is 64.2 Å². The van der Waals surface area contributed by atoms with Crippen LogP contribution < -0.4 is 5.73 Å². The largest absolute Gasteiger partial charge is 0.453 e. The summed E-state index contributed by atoms with van der Waals surface area (Å²) in [6, 6.07) is 10.8. The molecule has 2 aromatic heterocycles. The number of nitrogens with zero attached hydrogens (tertiary/aromatic N) is 3. The van der Waals surface area contributed by atoms with Crippen molar-refractivity contribution in [2.45, 2.75) is 42.9 Å². The number of amides is 3. The van der Waals surface area contributed by atoms with Gasteiger partial charge in [0.1, 0.15) is 18.2 Å². The quantitative estimate of drug-likeness (QED) is 0.366. The Hall–Kier alpha value is -4.10. The monoisotopic (exact) mass is 555 g/mol. The summed E-state index contributed by atoms with van der Waals surface area (Å²) >= 11 is 0. The fraction of sp³-hybridized carbons (Fsp3) is 0.346. The molecule has 0 radical (unpaired) electrons. The van der Waals surface area contributed by atoms with Gasteiger partial charge in [0.2, 0.25) is 10.8 Å². The minimum atomic E-state index is -4.48. The summed E-state index contributed by atoms with van der Waals surface area (Å²) in [7, 11) is -4.48. The van der Waals surface area contributed by atoms with Crippen molar-refractivity contribution in [2.24, 2.45) is 5.73 Å². The molecule has 2 aliphatic rings. The van der Waals surface area contributed by atoms with Gasteiger partial charge in [-0.3, -0.25) is 9.59 Å². The number of primary amides is 1. The molecule has 2 N–H and O–H groups in total. The highest BCUT2D eigenvalue weighted by molar-refractivity contribution is 7.86. The first-order valence-electron chi connectivity index (χ1n) is 12.5. The average molecular weight is 556 g/mol. The summed E-state index contributed by atoms with van der Waals surface area (Å²) in [4.78, 5) is 57.3. The Bertz CT molecular complexity index is 1520. The number of para-hydroxylation sites is 1. The Morgan fingerprint density at radius 2 is 1.85 bits per heavy atom. The summed E-state index contributed by atoms with van der Waals surface area (Å²) in [5, 5.41) is 0.359. The maximum Gasteiger partial charge on any atom is 0.430 e. The number of furan rings is 1. The minimum absolute atomic E-state index is 0.000167. The number of carbonyl (C=O) groups is 4. The first kappa shape index (κ1) is 26.5. The van der Waals surface area contributed by atoms with E-state index in [4.69, 9.17) is 14.9 Å². The van der Waals surface area contributed by atoms with Crippen LogP contribution in [-0.2, 0) is 24.3 Å². The Kier molecular flexibility index (Phi) is 6.95. The van der Waals surface area contributed by atoms with Crippen molar-refractivity contribution < 1.29 is 40.6 Å². The van der Waals surface area contributed by atoms with Crippen LogP contribution in [0.1, 0.15) is 36.2 Å². The molecule has 4 heterocycles. The van der Waals surface area contributed by atoms with Crippen molar-refractivity contribution in [3.05, 3.63) is 60.5 Å². The van der Waals surface area contributed by atoms with E-state index in [1.165, 1.54) is 29.3 Å². The third-order valence-corrected chi connectivity index (χ3v) is 9.38. The van der Waals surface area contributed by atoms with Gasteiger partial charge in [0, 0.05) is 24.5 Å². The number of hydrogen-bond acceptors (Lipinski definition) is 9. The Morgan fingerprint density at radius 1 is 1.08 bits per heavy atom. The zero-order chi connectivity index (χ0) is 27.8. The molecular formula is C26H27N4O8S+. The lowest BCUT2D eigenvalue weighted by molar-refractivity contribution is -0.710. The molecule has 1 aromatic carbocycles. The van der Waals surface area contributed by atoms with E-state index in [1.54, 1.807) is 18.2 Å². The van der Waals surface area contributed by atoms with Gasteiger partial charge in [-0.25, -0.2) is 14.6 Å². The van der Waals surface area contributed by atoms with Gasteiger partial charge in [0.05, 0.1) is 0 Å². The van der Waals surface area contributed by atoms with Crippen molar-refractivity contribution in [1.29, 1.82) is 0 Å². The van der Waals surface area contributed by atoms with Gasteiger partial charge in [-0.05, 0) is 43.5 Å². The van der Waals surface area contributed by atoms with Crippen molar-refractivity contribution >= 4 is 44.7 Å². The number of hydrogen-bond donors (Lipinski definition) is 1. The number of Topliss-reactive ketones (excluding diaryl/α,β-unsaturated/α-hetero) is 1. The molecule has 3 unspecified atom stereocenters. The standard InChI is InChI=1S/C26H26N4O8S/c27-26(34)30(39(35,36)23-11-3-4-12-28-23)14-6-10-21(19(31)16-30)38-25(33)18-8-5-13-29(18)24(32)22-15-17-7-1-2-9-20(17)37-22/h1-4,7,9,11-12,15,18,21H,5-6,8,10,13-14,16H2,(H-,27,34)/p+1. The van der Waals surface area contributed by atoms with Crippen LogP contribution in [0.5, 0.6) is 0 Å². The zero-order valence-electron chi connectivity index (χ0n) is 20.9. The van der Waals surface area contributed by atoms with Crippen LogP contribution in [0.2, 0.25) is 0 Å². The molecule has 3 amide bonds. The molecule has 0 aliphatic carbocycles. The van der Waals surface area contributed by atoms with Crippen molar-refractivity contribution in [3.8, 4) is 0 Å². The Balaban J connectivity index is 1.33. The number of pyridine rings is 1. The smallest absolute Gasteiger partial charge is 0.430 e. The summed E-state index contributed by atoms with van der Waals surface area (Å²) in [5.41, 5.74) is 6.09. The van der Waals surface area contributed by atoms with Crippen LogP contribution in [0.4, 0.5) is 4.79 Å². The summed E-state index contributed by atoms with van der Waals surface area (Å²) in [5.74, 6) is -1.91. The lowest BCUT2D eigenvalue weighted by Gasteiger charge is -2.30. The molecule has 12 nitrogen and oxygen atoms in total. The van der Waals surface area contributed by atoms with Crippen LogP contribution in [0.25, 0.3) is 11.0 Å². The number of nitrogens with two attached hydrogens (primary N) is 1. The molecule has 2 aliphatic heterocycles. The number of ether oxygens (including phenoxy) is 1. The van der Waals surface area contributed by atoms with Crippen LogP contribution in [-0.4, -0.2) is 77.7 Å². The van der Waals surface area contributed by atoms with Crippen LogP contribution in [0, 0.1) is 0 Å². The molecule has 0 bridgehead atoms. The van der Waals surface area contributed by atoms with Crippen molar-refractivity contribution in [3.63, 3.8) is 0 Å².